The number of hydrogen-bond donors (Lipinski definition) is 0. The topological polar surface area (TPSA) is 35.9 Å². The lowest BCUT2D eigenvalue weighted by molar-refractivity contribution is 0.554. The maximum absolute atomic E-state index is 6.75. The molecule has 202 valence electrons. The summed E-state index contributed by atoms with van der Waals surface area (Å²) in [5.41, 5.74) is 8.37. The van der Waals surface area contributed by atoms with Crippen molar-refractivity contribution in [1.82, 2.24) is 14.1 Å². The molecule has 0 spiro atoms. The normalized spacial score (nSPS) is 11.7. The molecule has 0 unspecified atom stereocenters. The molecule has 0 aliphatic carbocycles. The lowest BCUT2D eigenvalue weighted by atomic mass is 10.1. The Balaban J connectivity index is 1.43. The van der Waals surface area contributed by atoms with Gasteiger partial charge in [-0.05, 0) is 48.5 Å². The van der Waals surface area contributed by atoms with Crippen LogP contribution in [0.3, 0.4) is 0 Å². The first-order chi connectivity index (χ1) is 21.3. The molecule has 0 saturated carbocycles. The van der Waals surface area contributed by atoms with E-state index in [2.05, 4.69) is 112 Å². The van der Waals surface area contributed by atoms with Crippen LogP contribution < -0.4 is 0 Å². The number of hydrogen-bond acceptors (Lipinski definition) is 2. The molecule has 0 fully saturated rings. The highest BCUT2D eigenvalue weighted by molar-refractivity contribution is 6.19. The average molecular weight is 552 g/mol. The van der Waals surface area contributed by atoms with E-state index in [1.807, 2.05) is 48.5 Å². The van der Waals surface area contributed by atoms with Crippen LogP contribution in [0.4, 0.5) is 0 Å². The van der Waals surface area contributed by atoms with Crippen LogP contribution in [0.25, 0.3) is 77.9 Å². The van der Waals surface area contributed by atoms with Crippen LogP contribution in [0.2, 0.25) is 0 Å². The van der Waals surface area contributed by atoms with Gasteiger partial charge in [-0.15, -0.1) is 0 Å². The maximum atomic E-state index is 6.75. The van der Waals surface area contributed by atoms with E-state index >= 15 is 0 Å². The van der Waals surface area contributed by atoms with Crippen LogP contribution in [-0.2, 0) is 0 Å². The minimum absolute atomic E-state index is 0.597. The highest BCUT2D eigenvalue weighted by atomic mass is 16.4. The van der Waals surface area contributed by atoms with E-state index in [4.69, 9.17) is 9.40 Å². The average Bonchev–Trinajstić information content (AvgIpc) is 3.75. The Kier molecular flexibility index (Phi) is 5.16. The Hall–Kier alpha value is -5.87. The zero-order valence-corrected chi connectivity index (χ0v) is 23.2. The molecule has 0 aliphatic rings. The van der Waals surface area contributed by atoms with E-state index in [0.29, 0.717) is 11.8 Å². The Bertz CT molecular complexity index is 2430. The minimum Gasteiger partial charge on any atom is -0.419 e. The maximum Gasteiger partial charge on any atom is 0.233 e. The largest absolute Gasteiger partial charge is 0.419 e. The first-order valence-electron chi connectivity index (χ1n) is 14.5. The second-order valence-corrected chi connectivity index (χ2v) is 10.8. The SMILES string of the molecule is c1ccc(-c2nc(-c3ccccc3)c(-n3c4ccccc4c4cc5c6ccccc6n(-c6ccccc6)c5cc43)o2)cc1. The Labute approximate surface area is 247 Å². The third-order valence-electron chi connectivity index (χ3n) is 8.36. The fourth-order valence-electron chi connectivity index (χ4n) is 6.46. The molecule has 9 rings (SSSR count). The van der Waals surface area contributed by atoms with Gasteiger partial charge < -0.3 is 8.98 Å². The van der Waals surface area contributed by atoms with Crippen LogP contribution in [0.5, 0.6) is 0 Å². The van der Waals surface area contributed by atoms with Crippen molar-refractivity contribution in [3.63, 3.8) is 0 Å². The molecule has 9 aromatic rings. The molecule has 43 heavy (non-hydrogen) atoms. The molecule has 4 heteroatoms. The number of para-hydroxylation sites is 3. The van der Waals surface area contributed by atoms with Crippen molar-refractivity contribution >= 4 is 43.6 Å². The molecule has 4 nitrogen and oxygen atoms in total. The predicted octanol–water partition coefficient (Wildman–Crippen LogP) is 10.2. The fourth-order valence-corrected chi connectivity index (χ4v) is 6.46. The molecular formula is C39H25N3O. The zero-order chi connectivity index (χ0) is 28.3. The van der Waals surface area contributed by atoms with E-state index in [0.717, 1.165) is 39.1 Å². The van der Waals surface area contributed by atoms with Gasteiger partial charge in [0.25, 0.3) is 0 Å². The third kappa shape index (κ3) is 3.60. The lowest BCUT2D eigenvalue weighted by Gasteiger charge is -2.09. The van der Waals surface area contributed by atoms with E-state index in [-0.39, 0.29) is 0 Å². The minimum atomic E-state index is 0.597. The van der Waals surface area contributed by atoms with Gasteiger partial charge in [-0.2, -0.15) is 0 Å². The van der Waals surface area contributed by atoms with Gasteiger partial charge in [0, 0.05) is 38.4 Å². The molecule has 0 amide bonds. The van der Waals surface area contributed by atoms with Crippen LogP contribution >= 0.6 is 0 Å². The van der Waals surface area contributed by atoms with Gasteiger partial charge in [-0.25, -0.2) is 4.98 Å². The summed E-state index contributed by atoms with van der Waals surface area (Å²) < 4.78 is 11.4. The van der Waals surface area contributed by atoms with Crippen molar-refractivity contribution in [1.29, 1.82) is 0 Å². The Morgan fingerprint density at radius 3 is 1.58 bits per heavy atom. The monoisotopic (exact) mass is 551 g/mol. The van der Waals surface area contributed by atoms with Crippen molar-refractivity contribution in [2.75, 3.05) is 0 Å². The molecule has 0 radical (unpaired) electrons. The second kappa shape index (κ2) is 9.33. The second-order valence-electron chi connectivity index (χ2n) is 10.8. The Morgan fingerprint density at radius 2 is 0.930 bits per heavy atom. The van der Waals surface area contributed by atoms with Crippen LogP contribution in [0, 0.1) is 0 Å². The van der Waals surface area contributed by atoms with E-state index in [1.54, 1.807) is 0 Å². The summed E-state index contributed by atoms with van der Waals surface area (Å²) in [6.07, 6.45) is 0. The number of fused-ring (bicyclic) bond motifs is 6. The van der Waals surface area contributed by atoms with Crippen molar-refractivity contribution in [2.24, 2.45) is 0 Å². The standard InChI is InChI=1S/C39H25N3O/c1-4-14-26(15-5-1)37-39(43-38(40-37)27-16-6-2-7-17-27)42-34-23-13-11-21-30(34)32-24-31-29-20-10-12-22-33(29)41(35(31)25-36(32)42)28-18-8-3-9-19-28/h1-25H. The quantitative estimate of drug-likeness (QED) is 0.218. The molecule has 3 aromatic heterocycles. The van der Waals surface area contributed by atoms with Gasteiger partial charge in [0.2, 0.25) is 11.8 Å². The van der Waals surface area contributed by atoms with Crippen LogP contribution in [-0.4, -0.2) is 14.1 Å². The summed E-state index contributed by atoms with van der Waals surface area (Å²) in [6, 6.07) is 52.9. The Morgan fingerprint density at radius 1 is 0.419 bits per heavy atom. The first-order valence-corrected chi connectivity index (χ1v) is 14.5. The number of benzene rings is 6. The van der Waals surface area contributed by atoms with Gasteiger partial charge >= 0.3 is 0 Å². The number of oxazole rings is 1. The van der Waals surface area contributed by atoms with E-state index < -0.39 is 0 Å². The van der Waals surface area contributed by atoms with Gasteiger partial charge in [0.1, 0.15) is 5.69 Å². The van der Waals surface area contributed by atoms with Gasteiger partial charge in [-0.3, -0.25) is 4.57 Å². The molecular weight excluding hydrogens is 526 g/mol. The van der Waals surface area contributed by atoms with Gasteiger partial charge in [-0.1, -0.05) is 103 Å². The number of rotatable bonds is 4. The van der Waals surface area contributed by atoms with Crippen LogP contribution in [0.15, 0.2) is 156 Å². The molecule has 6 aromatic carbocycles. The van der Waals surface area contributed by atoms with Gasteiger partial charge in [0.15, 0.2) is 0 Å². The van der Waals surface area contributed by atoms with Crippen LogP contribution in [0.1, 0.15) is 0 Å². The zero-order valence-electron chi connectivity index (χ0n) is 23.2. The van der Waals surface area contributed by atoms with Crippen molar-refractivity contribution < 1.29 is 4.42 Å². The molecule has 0 N–H and O–H groups in total. The smallest absolute Gasteiger partial charge is 0.233 e. The van der Waals surface area contributed by atoms with Crippen molar-refractivity contribution in [3.8, 4) is 34.3 Å². The summed E-state index contributed by atoms with van der Waals surface area (Å²) >= 11 is 0. The van der Waals surface area contributed by atoms with Crippen molar-refractivity contribution in [2.45, 2.75) is 0 Å². The van der Waals surface area contributed by atoms with Crippen molar-refractivity contribution in [3.05, 3.63) is 152 Å². The molecule has 0 saturated heterocycles. The van der Waals surface area contributed by atoms with Gasteiger partial charge in [0.05, 0.1) is 22.1 Å². The summed E-state index contributed by atoms with van der Waals surface area (Å²) in [6.45, 7) is 0. The first kappa shape index (κ1) is 23.8. The number of nitrogens with zero attached hydrogens (tertiary/aromatic N) is 3. The summed E-state index contributed by atoms with van der Waals surface area (Å²) in [5, 5.41) is 4.81. The lowest BCUT2D eigenvalue weighted by Crippen LogP contribution is -1.96. The number of aromatic nitrogens is 3. The fraction of sp³-hybridized carbons (Fsp3) is 0. The van der Waals surface area contributed by atoms with E-state index in [9.17, 15) is 0 Å². The summed E-state index contributed by atoms with van der Waals surface area (Å²) in [4.78, 5) is 5.09. The molecule has 0 aliphatic heterocycles. The summed E-state index contributed by atoms with van der Waals surface area (Å²) in [7, 11) is 0. The molecule has 3 heterocycles. The predicted molar refractivity (Wildman–Crippen MR) is 176 cm³/mol. The summed E-state index contributed by atoms with van der Waals surface area (Å²) in [5.74, 6) is 1.30. The third-order valence-corrected chi connectivity index (χ3v) is 8.36. The highest BCUT2D eigenvalue weighted by Gasteiger charge is 2.24. The molecule has 0 atom stereocenters. The highest BCUT2D eigenvalue weighted by Crippen LogP contribution is 2.42. The van der Waals surface area contributed by atoms with E-state index in [1.165, 1.54) is 27.1 Å². The molecule has 0 bridgehead atoms.